The van der Waals surface area contributed by atoms with Crippen molar-refractivity contribution in [3.8, 4) is 0 Å². The average Bonchev–Trinajstić information content (AvgIpc) is 2.29. The van der Waals surface area contributed by atoms with Gasteiger partial charge in [-0.25, -0.2) is 0 Å². The van der Waals surface area contributed by atoms with Crippen molar-refractivity contribution in [2.24, 2.45) is 5.73 Å². The smallest absolute Gasteiger partial charge is 0.234 e. The van der Waals surface area contributed by atoms with Gasteiger partial charge in [-0.1, -0.05) is 30.3 Å². The maximum absolute atomic E-state index is 11.0. The highest BCUT2D eigenvalue weighted by Crippen LogP contribution is 2.01. The Kier molecular flexibility index (Phi) is 4.50. The summed E-state index contributed by atoms with van der Waals surface area (Å²) in [6.07, 6.45) is 2.22. The second-order valence-corrected chi connectivity index (χ2v) is 3.13. The summed E-state index contributed by atoms with van der Waals surface area (Å²) in [5.74, 6) is -0.348. The Bertz CT molecular complexity index is 325. The number of hydrogen-bond donors (Lipinski definition) is 2. The fourth-order valence-corrected chi connectivity index (χ4v) is 1.23. The normalized spacial score (nSPS) is 11.8. The monoisotopic (exact) mass is 205 g/mol. The van der Waals surface area contributed by atoms with Crippen molar-refractivity contribution in [1.29, 1.82) is 0 Å². The molecule has 15 heavy (non-hydrogen) atoms. The third-order valence-electron chi connectivity index (χ3n) is 1.95. The molecule has 0 heterocycles. The van der Waals surface area contributed by atoms with Crippen LogP contribution in [0.25, 0.3) is 0 Å². The van der Waals surface area contributed by atoms with E-state index >= 15 is 0 Å². The van der Waals surface area contributed by atoms with Crippen molar-refractivity contribution in [3.05, 3.63) is 35.9 Å². The fraction of sp³-hybridized carbons (Fsp3) is 0.273. The Labute approximate surface area is 88.5 Å². The summed E-state index contributed by atoms with van der Waals surface area (Å²) in [6, 6.07) is 8.80. The van der Waals surface area contributed by atoms with Crippen LogP contribution in [0.4, 0.5) is 0 Å². The zero-order valence-electron chi connectivity index (χ0n) is 8.27. The zero-order valence-corrected chi connectivity index (χ0v) is 8.27. The number of hydrogen-bond acceptors (Lipinski definition) is 3. The molecule has 0 saturated heterocycles. The molecule has 0 aromatic heterocycles. The van der Waals surface area contributed by atoms with Gasteiger partial charge in [-0.3, -0.25) is 9.59 Å². The number of carbonyl (C=O) groups excluding carboxylic acids is 2. The first-order valence-corrected chi connectivity index (χ1v) is 4.67. The molecule has 1 aromatic rings. The Morgan fingerprint density at radius 1 is 1.40 bits per heavy atom. The highest BCUT2D eigenvalue weighted by atomic mass is 16.2. The second kappa shape index (κ2) is 5.93. The third-order valence-corrected chi connectivity index (χ3v) is 1.95. The summed E-state index contributed by atoms with van der Waals surface area (Å²) >= 11 is 0. The van der Waals surface area contributed by atoms with Crippen molar-refractivity contribution >= 4 is 12.2 Å². The van der Waals surface area contributed by atoms with Crippen molar-refractivity contribution in [1.82, 2.24) is 5.32 Å². The van der Waals surface area contributed by atoms with E-state index in [9.17, 15) is 9.59 Å². The molecule has 0 spiro atoms. The first-order chi connectivity index (χ1) is 7.26. The standard InChI is InChI=1S/C11H13N2O2/c12-7-11(15)13-10(8-14)6-9-4-2-1-3-5-9/h1-5,10H,6-7,12H2,(H,13,15)/t10-/m1/s1. The maximum atomic E-state index is 11.0. The van der Waals surface area contributed by atoms with E-state index in [1.807, 2.05) is 30.3 Å². The maximum Gasteiger partial charge on any atom is 0.234 e. The van der Waals surface area contributed by atoms with Crippen LogP contribution >= 0.6 is 0 Å². The molecule has 3 N–H and O–H groups in total. The Morgan fingerprint density at radius 2 is 2.07 bits per heavy atom. The van der Waals surface area contributed by atoms with Gasteiger partial charge in [-0.05, 0) is 5.56 Å². The van der Waals surface area contributed by atoms with Gasteiger partial charge in [0.25, 0.3) is 0 Å². The molecule has 0 aliphatic heterocycles. The number of amides is 1. The summed E-state index contributed by atoms with van der Waals surface area (Å²) in [5.41, 5.74) is 6.10. The molecule has 0 bridgehead atoms. The molecule has 1 atom stereocenters. The number of rotatable bonds is 5. The minimum Gasteiger partial charge on any atom is -0.344 e. The predicted molar refractivity (Wildman–Crippen MR) is 56.8 cm³/mol. The highest BCUT2D eigenvalue weighted by Gasteiger charge is 2.11. The lowest BCUT2D eigenvalue weighted by Crippen LogP contribution is -2.40. The van der Waals surface area contributed by atoms with Crippen molar-refractivity contribution < 1.29 is 9.59 Å². The van der Waals surface area contributed by atoms with E-state index in [4.69, 9.17) is 5.73 Å². The Morgan fingerprint density at radius 3 is 2.60 bits per heavy atom. The van der Waals surface area contributed by atoms with E-state index in [2.05, 4.69) is 5.32 Å². The van der Waals surface area contributed by atoms with Gasteiger partial charge >= 0.3 is 0 Å². The van der Waals surface area contributed by atoms with Gasteiger partial charge in [0.1, 0.15) is 0 Å². The van der Waals surface area contributed by atoms with Crippen LogP contribution in [0.5, 0.6) is 0 Å². The number of nitrogens with two attached hydrogens (primary N) is 1. The van der Waals surface area contributed by atoms with Crippen LogP contribution in [-0.2, 0) is 16.0 Å². The molecule has 0 aliphatic rings. The van der Waals surface area contributed by atoms with Crippen LogP contribution in [0.15, 0.2) is 30.3 Å². The lowest BCUT2D eigenvalue weighted by atomic mass is 10.1. The van der Waals surface area contributed by atoms with E-state index < -0.39 is 6.04 Å². The van der Waals surface area contributed by atoms with Gasteiger partial charge < -0.3 is 11.1 Å². The van der Waals surface area contributed by atoms with Gasteiger partial charge in [0.2, 0.25) is 12.2 Å². The van der Waals surface area contributed by atoms with E-state index in [1.165, 1.54) is 0 Å². The molecule has 0 aliphatic carbocycles. The summed E-state index contributed by atoms with van der Waals surface area (Å²) in [4.78, 5) is 21.5. The molecule has 0 unspecified atom stereocenters. The van der Waals surface area contributed by atoms with Crippen molar-refractivity contribution in [2.45, 2.75) is 12.5 Å². The minimum atomic E-state index is -0.622. The molecule has 1 rings (SSSR count). The van der Waals surface area contributed by atoms with Crippen LogP contribution < -0.4 is 11.1 Å². The molecular weight excluding hydrogens is 192 g/mol. The van der Waals surface area contributed by atoms with Crippen LogP contribution in [0.1, 0.15) is 5.56 Å². The minimum absolute atomic E-state index is 0.118. The molecular formula is C11H13N2O2. The summed E-state index contributed by atoms with van der Waals surface area (Å²) < 4.78 is 0. The Hall–Kier alpha value is -1.68. The SMILES string of the molecule is NCC(=O)N[C@@H]([C]=O)Cc1ccccc1. The number of nitrogens with one attached hydrogen (secondary N) is 1. The average molecular weight is 205 g/mol. The van der Waals surface area contributed by atoms with Crippen LogP contribution in [0, 0.1) is 0 Å². The molecule has 1 radical (unpaired) electrons. The van der Waals surface area contributed by atoms with Crippen molar-refractivity contribution in [2.75, 3.05) is 6.54 Å². The van der Waals surface area contributed by atoms with Crippen LogP contribution in [0.2, 0.25) is 0 Å². The largest absolute Gasteiger partial charge is 0.344 e. The zero-order chi connectivity index (χ0) is 11.1. The summed E-state index contributed by atoms with van der Waals surface area (Å²) in [5, 5.41) is 2.48. The van der Waals surface area contributed by atoms with Crippen molar-refractivity contribution in [3.63, 3.8) is 0 Å². The molecule has 0 fully saturated rings. The lowest BCUT2D eigenvalue weighted by molar-refractivity contribution is -0.120. The van der Waals surface area contributed by atoms with E-state index in [0.717, 1.165) is 5.56 Å². The number of benzene rings is 1. The molecule has 1 aromatic carbocycles. The third kappa shape index (κ3) is 3.91. The predicted octanol–water partition coefficient (Wildman–Crippen LogP) is -0.218. The molecule has 79 valence electrons. The van der Waals surface area contributed by atoms with Gasteiger partial charge in [0.05, 0.1) is 12.6 Å². The molecule has 0 saturated carbocycles. The van der Waals surface area contributed by atoms with Gasteiger partial charge in [0.15, 0.2) is 0 Å². The molecule has 4 heteroatoms. The summed E-state index contributed by atoms with van der Waals surface area (Å²) in [7, 11) is 0. The van der Waals surface area contributed by atoms with E-state index in [-0.39, 0.29) is 12.5 Å². The first kappa shape index (κ1) is 11.4. The topological polar surface area (TPSA) is 72.2 Å². The van der Waals surface area contributed by atoms with E-state index in [0.29, 0.717) is 6.42 Å². The Balaban J connectivity index is 2.54. The molecule has 4 nitrogen and oxygen atoms in total. The molecule has 1 amide bonds. The first-order valence-electron chi connectivity index (χ1n) is 4.67. The van der Waals surface area contributed by atoms with Gasteiger partial charge in [0, 0.05) is 6.42 Å². The quantitative estimate of drug-likeness (QED) is 0.698. The highest BCUT2D eigenvalue weighted by molar-refractivity contribution is 5.81. The van der Waals surface area contributed by atoms with Crippen LogP contribution in [-0.4, -0.2) is 24.8 Å². The lowest BCUT2D eigenvalue weighted by Gasteiger charge is -2.10. The second-order valence-electron chi connectivity index (χ2n) is 3.13. The van der Waals surface area contributed by atoms with Gasteiger partial charge in [-0.2, -0.15) is 0 Å². The fourth-order valence-electron chi connectivity index (χ4n) is 1.23. The number of carbonyl (C=O) groups is 1. The van der Waals surface area contributed by atoms with Crippen LogP contribution in [0.3, 0.4) is 0 Å². The summed E-state index contributed by atoms with van der Waals surface area (Å²) in [6.45, 7) is -0.118. The van der Waals surface area contributed by atoms with Gasteiger partial charge in [-0.15, -0.1) is 0 Å². The van der Waals surface area contributed by atoms with E-state index in [1.54, 1.807) is 6.29 Å².